The van der Waals surface area contributed by atoms with Gasteiger partial charge in [-0.25, -0.2) is 4.79 Å². The van der Waals surface area contributed by atoms with Crippen molar-refractivity contribution in [1.82, 2.24) is 4.57 Å². The molecule has 3 N–H and O–H groups in total. The Labute approximate surface area is 119 Å². The maximum atomic E-state index is 11.3. The lowest BCUT2D eigenvalue weighted by atomic mass is 10.0. The molecule has 0 aliphatic rings. The van der Waals surface area contributed by atoms with Gasteiger partial charge in [0.1, 0.15) is 0 Å². The standard InChI is InChI=1S/C16H22N2O2/c1-3-7-18-10-12(5-4-6-17)14-9-13(16(19)20)11(2)8-15(14)18/h8-10H,3-7,17H2,1-2H3,(H,19,20). The van der Waals surface area contributed by atoms with Gasteiger partial charge in [-0.3, -0.25) is 0 Å². The number of rotatable bonds is 6. The van der Waals surface area contributed by atoms with Gasteiger partial charge in [-0.05, 0) is 56.0 Å². The van der Waals surface area contributed by atoms with Gasteiger partial charge in [-0.15, -0.1) is 0 Å². The molecule has 108 valence electrons. The summed E-state index contributed by atoms with van der Waals surface area (Å²) >= 11 is 0. The molecule has 1 heterocycles. The summed E-state index contributed by atoms with van der Waals surface area (Å²) in [5, 5.41) is 10.3. The lowest BCUT2D eigenvalue weighted by Crippen LogP contribution is -2.01. The Balaban J connectivity index is 2.60. The van der Waals surface area contributed by atoms with Crippen molar-refractivity contribution in [1.29, 1.82) is 0 Å². The number of carboxylic acids is 1. The first kappa shape index (κ1) is 14.6. The summed E-state index contributed by atoms with van der Waals surface area (Å²) < 4.78 is 2.22. The van der Waals surface area contributed by atoms with E-state index in [0.717, 1.165) is 42.3 Å². The summed E-state index contributed by atoms with van der Waals surface area (Å²) in [5.74, 6) is -0.864. The number of nitrogens with two attached hydrogens (primary N) is 1. The van der Waals surface area contributed by atoms with Crippen molar-refractivity contribution in [2.75, 3.05) is 6.54 Å². The summed E-state index contributed by atoms with van der Waals surface area (Å²) in [4.78, 5) is 11.3. The van der Waals surface area contributed by atoms with Crippen molar-refractivity contribution in [2.24, 2.45) is 5.73 Å². The third-order valence-corrected chi connectivity index (χ3v) is 3.65. The Morgan fingerprint density at radius 1 is 1.40 bits per heavy atom. The minimum atomic E-state index is -0.864. The van der Waals surface area contributed by atoms with E-state index in [1.807, 2.05) is 19.1 Å². The van der Waals surface area contributed by atoms with E-state index in [0.29, 0.717) is 12.1 Å². The van der Waals surface area contributed by atoms with Crippen LogP contribution >= 0.6 is 0 Å². The average Bonchev–Trinajstić information content (AvgIpc) is 2.73. The van der Waals surface area contributed by atoms with Gasteiger partial charge >= 0.3 is 5.97 Å². The van der Waals surface area contributed by atoms with Crippen LogP contribution in [0.25, 0.3) is 10.9 Å². The van der Waals surface area contributed by atoms with Crippen LogP contribution in [0.2, 0.25) is 0 Å². The maximum Gasteiger partial charge on any atom is 0.335 e. The van der Waals surface area contributed by atoms with E-state index in [1.165, 1.54) is 5.56 Å². The Bertz CT molecular complexity index is 629. The highest BCUT2D eigenvalue weighted by atomic mass is 16.4. The Morgan fingerprint density at radius 2 is 2.15 bits per heavy atom. The van der Waals surface area contributed by atoms with Gasteiger partial charge in [0.2, 0.25) is 0 Å². The lowest BCUT2D eigenvalue weighted by molar-refractivity contribution is 0.0696. The predicted molar refractivity (Wildman–Crippen MR) is 81.3 cm³/mol. The van der Waals surface area contributed by atoms with Gasteiger partial charge in [0.05, 0.1) is 5.56 Å². The van der Waals surface area contributed by atoms with Crippen LogP contribution in [0.3, 0.4) is 0 Å². The number of benzene rings is 1. The summed E-state index contributed by atoms with van der Waals surface area (Å²) in [6.07, 6.45) is 5.02. The third kappa shape index (κ3) is 2.70. The van der Waals surface area contributed by atoms with Crippen molar-refractivity contribution < 1.29 is 9.90 Å². The highest BCUT2D eigenvalue weighted by molar-refractivity contribution is 5.96. The van der Waals surface area contributed by atoms with Crippen molar-refractivity contribution in [3.63, 3.8) is 0 Å². The molecule has 0 saturated heterocycles. The van der Waals surface area contributed by atoms with Gasteiger partial charge < -0.3 is 15.4 Å². The van der Waals surface area contributed by atoms with E-state index in [4.69, 9.17) is 5.73 Å². The van der Waals surface area contributed by atoms with Crippen LogP contribution in [0.15, 0.2) is 18.3 Å². The molecule has 20 heavy (non-hydrogen) atoms. The van der Waals surface area contributed by atoms with Crippen molar-refractivity contribution >= 4 is 16.9 Å². The number of hydrogen-bond acceptors (Lipinski definition) is 2. The number of carboxylic acid groups (broad SMARTS) is 1. The normalized spacial score (nSPS) is 11.2. The van der Waals surface area contributed by atoms with Gasteiger partial charge in [0.25, 0.3) is 0 Å². The summed E-state index contributed by atoms with van der Waals surface area (Å²) in [6, 6.07) is 3.80. The van der Waals surface area contributed by atoms with E-state index in [9.17, 15) is 9.90 Å². The Kier molecular flexibility index (Phi) is 4.45. The molecule has 0 fully saturated rings. The molecule has 4 heteroatoms. The van der Waals surface area contributed by atoms with Crippen molar-refractivity contribution in [2.45, 2.75) is 39.7 Å². The third-order valence-electron chi connectivity index (χ3n) is 3.65. The molecule has 0 bridgehead atoms. The predicted octanol–water partition coefficient (Wildman–Crippen LogP) is 2.95. The van der Waals surface area contributed by atoms with E-state index in [2.05, 4.69) is 17.7 Å². The van der Waals surface area contributed by atoms with Gasteiger partial charge in [-0.2, -0.15) is 0 Å². The first-order valence-corrected chi connectivity index (χ1v) is 7.14. The summed E-state index contributed by atoms with van der Waals surface area (Å²) in [7, 11) is 0. The van der Waals surface area contributed by atoms with Crippen molar-refractivity contribution in [3.8, 4) is 0 Å². The van der Waals surface area contributed by atoms with Crippen LogP contribution in [0, 0.1) is 6.92 Å². The number of fused-ring (bicyclic) bond motifs is 1. The molecule has 0 saturated carbocycles. The molecule has 0 amide bonds. The second-order valence-electron chi connectivity index (χ2n) is 5.23. The fourth-order valence-corrected chi connectivity index (χ4v) is 2.66. The number of aryl methyl sites for hydroxylation is 3. The van der Waals surface area contributed by atoms with Crippen LogP contribution in [-0.2, 0) is 13.0 Å². The molecule has 1 aromatic carbocycles. The highest BCUT2D eigenvalue weighted by Gasteiger charge is 2.14. The van der Waals surface area contributed by atoms with Gasteiger partial charge in [0, 0.05) is 23.6 Å². The Hall–Kier alpha value is -1.81. The second-order valence-corrected chi connectivity index (χ2v) is 5.23. The lowest BCUT2D eigenvalue weighted by Gasteiger charge is -2.06. The topological polar surface area (TPSA) is 68.2 Å². The van der Waals surface area contributed by atoms with Gasteiger partial charge in [0.15, 0.2) is 0 Å². The zero-order chi connectivity index (χ0) is 14.7. The number of carbonyl (C=O) groups is 1. The highest BCUT2D eigenvalue weighted by Crippen LogP contribution is 2.26. The average molecular weight is 274 g/mol. The van der Waals surface area contributed by atoms with Crippen LogP contribution in [0.1, 0.15) is 41.3 Å². The first-order chi connectivity index (χ1) is 9.58. The monoisotopic (exact) mass is 274 g/mol. The molecule has 4 nitrogen and oxygen atoms in total. The van der Waals surface area contributed by atoms with E-state index in [-0.39, 0.29) is 0 Å². The summed E-state index contributed by atoms with van der Waals surface area (Å²) in [6.45, 7) is 5.60. The number of aromatic carboxylic acids is 1. The number of hydrogen-bond donors (Lipinski definition) is 2. The maximum absolute atomic E-state index is 11.3. The molecular formula is C16H22N2O2. The quantitative estimate of drug-likeness (QED) is 0.851. The van der Waals surface area contributed by atoms with E-state index >= 15 is 0 Å². The zero-order valence-corrected chi connectivity index (χ0v) is 12.1. The SMILES string of the molecule is CCCn1cc(CCCN)c2cc(C(=O)O)c(C)cc21. The largest absolute Gasteiger partial charge is 0.478 e. The minimum absolute atomic E-state index is 0.390. The molecule has 0 atom stereocenters. The molecule has 0 aliphatic carbocycles. The molecule has 2 aromatic rings. The van der Waals surface area contributed by atoms with Crippen LogP contribution in [0.5, 0.6) is 0 Å². The first-order valence-electron chi connectivity index (χ1n) is 7.14. The molecule has 2 rings (SSSR count). The number of nitrogens with zero attached hydrogens (tertiary/aromatic N) is 1. The molecule has 0 spiro atoms. The molecular weight excluding hydrogens is 252 g/mol. The van der Waals surface area contributed by atoms with Crippen molar-refractivity contribution in [3.05, 3.63) is 35.0 Å². The molecule has 1 aromatic heterocycles. The zero-order valence-electron chi connectivity index (χ0n) is 12.1. The number of aromatic nitrogens is 1. The van der Waals surface area contributed by atoms with Gasteiger partial charge in [-0.1, -0.05) is 6.92 Å². The van der Waals surface area contributed by atoms with Crippen LogP contribution in [0.4, 0.5) is 0 Å². The molecule has 0 radical (unpaired) electrons. The molecule has 0 aliphatic heterocycles. The fourth-order valence-electron chi connectivity index (χ4n) is 2.66. The van der Waals surface area contributed by atoms with Crippen LogP contribution in [-0.4, -0.2) is 22.2 Å². The van der Waals surface area contributed by atoms with E-state index < -0.39 is 5.97 Å². The Morgan fingerprint density at radius 3 is 2.75 bits per heavy atom. The second kappa shape index (κ2) is 6.09. The fraction of sp³-hybridized carbons (Fsp3) is 0.438. The smallest absolute Gasteiger partial charge is 0.335 e. The minimum Gasteiger partial charge on any atom is -0.478 e. The summed E-state index contributed by atoms with van der Waals surface area (Å²) in [5.41, 5.74) is 9.11. The van der Waals surface area contributed by atoms with Crippen LogP contribution < -0.4 is 5.73 Å². The molecule has 0 unspecified atom stereocenters. The van der Waals surface area contributed by atoms with E-state index in [1.54, 1.807) is 0 Å².